The molecule has 1 N–H and O–H groups in total. The third kappa shape index (κ3) is 6.22. The monoisotopic (exact) mass is 371 g/mol. The number of rotatable bonds is 12. The highest BCUT2D eigenvalue weighted by Gasteiger charge is 2.36. The van der Waals surface area contributed by atoms with Crippen molar-refractivity contribution in [1.29, 1.82) is 0 Å². The lowest BCUT2D eigenvalue weighted by molar-refractivity contribution is -0.177. The number of methoxy groups -OCH3 is 1. The van der Waals surface area contributed by atoms with Crippen LogP contribution >= 0.6 is 0 Å². The second-order valence-corrected chi connectivity index (χ2v) is 6.34. The third-order valence-electron chi connectivity index (χ3n) is 4.54. The first-order valence-electron chi connectivity index (χ1n) is 9.15. The van der Waals surface area contributed by atoms with E-state index < -0.39 is 0 Å². The Bertz CT molecular complexity index is 462. The molecule has 1 fully saturated rings. The highest BCUT2D eigenvalue weighted by Crippen LogP contribution is 2.18. The molecule has 26 heavy (non-hydrogen) atoms. The van der Waals surface area contributed by atoms with Gasteiger partial charge in [-0.2, -0.15) is 0 Å². The van der Waals surface area contributed by atoms with Crippen LogP contribution in [-0.4, -0.2) is 105 Å². The average Bonchev–Trinajstić information content (AvgIpc) is 2.63. The molecule has 0 radical (unpaired) electrons. The van der Waals surface area contributed by atoms with Crippen molar-refractivity contribution in [3.05, 3.63) is 0 Å². The average molecular weight is 371 g/mol. The van der Waals surface area contributed by atoms with E-state index in [0.717, 1.165) is 12.8 Å². The zero-order chi connectivity index (χ0) is 19.5. The van der Waals surface area contributed by atoms with E-state index in [0.29, 0.717) is 45.6 Å². The summed E-state index contributed by atoms with van der Waals surface area (Å²) in [5.74, 6) is 0.0506. The second-order valence-electron chi connectivity index (χ2n) is 6.34. The van der Waals surface area contributed by atoms with E-state index in [2.05, 4.69) is 5.32 Å². The molecule has 0 bridgehead atoms. The maximum Gasteiger partial charge on any atom is 0.240 e. The van der Waals surface area contributed by atoms with Gasteiger partial charge in [0.15, 0.2) is 0 Å². The van der Waals surface area contributed by atoms with Gasteiger partial charge in [0.2, 0.25) is 18.2 Å². The minimum absolute atomic E-state index is 0.0152. The summed E-state index contributed by atoms with van der Waals surface area (Å²) in [6.45, 7) is 4.85. The van der Waals surface area contributed by atoms with Crippen LogP contribution in [0.5, 0.6) is 0 Å². The van der Waals surface area contributed by atoms with E-state index in [1.807, 2.05) is 14.0 Å². The number of ether oxygens (including phenoxy) is 1. The molecule has 9 nitrogen and oxygen atoms in total. The van der Waals surface area contributed by atoms with Crippen molar-refractivity contribution < 1.29 is 19.1 Å². The summed E-state index contributed by atoms with van der Waals surface area (Å²) in [6, 6.07) is 0. The third-order valence-corrected chi connectivity index (χ3v) is 4.54. The number of hydrogen-bond acceptors (Lipinski definition) is 6. The highest BCUT2D eigenvalue weighted by molar-refractivity contribution is 5.80. The maximum absolute atomic E-state index is 12.4. The smallest absolute Gasteiger partial charge is 0.240 e. The molecule has 1 atom stereocenters. The molecule has 1 unspecified atom stereocenters. The van der Waals surface area contributed by atoms with Crippen molar-refractivity contribution in [2.24, 2.45) is 0 Å². The van der Waals surface area contributed by atoms with Crippen LogP contribution in [0.25, 0.3) is 0 Å². The quantitative estimate of drug-likeness (QED) is 0.362. The number of carbonyl (C=O) groups is 3. The Labute approximate surface area is 156 Å². The molecular weight excluding hydrogens is 338 g/mol. The lowest BCUT2D eigenvalue weighted by Crippen LogP contribution is -2.64. The van der Waals surface area contributed by atoms with E-state index in [1.165, 1.54) is 0 Å². The minimum Gasteiger partial charge on any atom is -0.385 e. The molecule has 1 saturated heterocycles. The first kappa shape index (κ1) is 22.3. The Morgan fingerprint density at radius 1 is 1.42 bits per heavy atom. The number of nitrogens with zero attached hydrogens (tertiary/aromatic N) is 4. The topological polar surface area (TPSA) is 85.4 Å². The van der Waals surface area contributed by atoms with Crippen molar-refractivity contribution in [3.63, 3.8) is 0 Å². The number of nitrogens with one attached hydrogen (secondary N) is 1. The summed E-state index contributed by atoms with van der Waals surface area (Å²) in [7, 11) is 5.18. The van der Waals surface area contributed by atoms with Crippen LogP contribution in [0, 0.1) is 0 Å². The van der Waals surface area contributed by atoms with Gasteiger partial charge in [-0.3, -0.25) is 19.4 Å². The number of amides is 3. The lowest BCUT2D eigenvalue weighted by Gasteiger charge is -2.47. The molecular formula is C17H33N5O4. The molecule has 150 valence electrons. The maximum atomic E-state index is 12.4. The zero-order valence-corrected chi connectivity index (χ0v) is 16.4. The molecule has 1 heterocycles. The molecule has 1 aliphatic heterocycles. The Balaban J connectivity index is 2.83. The van der Waals surface area contributed by atoms with Gasteiger partial charge >= 0.3 is 0 Å². The summed E-state index contributed by atoms with van der Waals surface area (Å²) in [4.78, 5) is 39.7. The first-order chi connectivity index (χ1) is 12.5. The van der Waals surface area contributed by atoms with Gasteiger partial charge in [-0.05, 0) is 13.5 Å². The van der Waals surface area contributed by atoms with Gasteiger partial charge in [-0.25, -0.2) is 5.01 Å². The molecule has 0 saturated carbocycles. The van der Waals surface area contributed by atoms with Gasteiger partial charge in [-0.1, -0.05) is 6.92 Å². The van der Waals surface area contributed by atoms with Crippen LogP contribution in [0.2, 0.25) is 0 Å². The standard InChI is InChI=1S/C17H33N5O4/c1-5-16(24)20(9-6-12-26-4)10-7-15-21(11-8-18-2)17(25)13-19(3)22(15)14-23/h14-15,18H,5-13H2,1-4H3. The van der Waals surface area contributed by atoms with Crippen LogP contribution in [0.3, 0.4) is 0 Å². The van der Waals surface area contributed by atoms with E-state index in [-0.39, 0.29) is 24.5 Å². The van der Waals surface area contributed by atoms with Crippen LogP contribution in [0.1, 0.15) is 26.2 Å². The summed E-state index contributed by atoms with van der Waals surface area (Å²) in [5, 5.41) is 6.21. The van der Waals surface area contributed by atoms with Crippen molar-refractivity contribution >= 4 is 18.2 Å². The Hall–Kier alpha value is -1.71. The first-order valence-corrected chi connectivity index (χ1v) is 9.15. The Morgan fingerprint density at radius 3 is 2.73 bits per heavy atom. The largest absolute Gasteiger partial charge is 0.385 e. The predicted molar refractivity (Wildman–Crippen MR) is 97.9 cm³/mol. The molecule has 0 aromatic heterocycles. The highest BCUT2D eigenvalue weighted by atomic mass is 16.5. The van der Waals surface area contributed by atoms with E-state index >= 15 is 0 Å². The van der Waals surface area contributed by atoms with Crippen molar-refractivity contribution in [3.8, 4) is 0 Å². The fourth-order valence-corrected chi connectivity index (χ4v) is 3.11. The summed E-state index contributed by atoms with van der Waals surface area (Å²) < 4.78 is 5.06. The van der Waals surface area contributed by atoms with E-state index in [1.54, 1.807) is 34.0 Å². The number of hydrazine groups is 1. The SMILES string of the molecule is CCC(=O)N(CCCOC)CCC1N(CCNC)C(=O)CN(C)N1C=O. The van der Waals surface area contributed by atoms with Crippen molar-refractivity contribution in [1.82, 2.24) is 25.1 Å². The van der Waals surface area contributed by atoms with Crippen molar-refractivity contribution in [2.75, 3.05) is 60.5 Å². The van der Waals surface area contributed by atoms with Crippen LogP contribution in [-0.2, 0) is 19.1 Å². The van der Waals surface area contributed by atoms with Gasteiger partial charge in [0.05, 0.1) is 6.54 Å². The second kappa shape index (κ2) is 11.8. The molecule has 9 heteroatoms. The summed E-state index contributed by atoms with van der Waals surface area (Å²) in [6.07, 6.45) is 2.06. The number of hydrogen-bond donors (Lipinski definition) is 1. The fourth-order valence-electron chi connectivity index (χ4n) is 3.11. The van der Waals surface area contributed by atoms with Gasteiger partial charge in [0.25, 0.3) is 0 Å². The predicted octanol–water partition coefficient (Wildman–Crippen LogP) is -0.655. The fraction of sp³-hybridized carbons (Fsp3) is 0.824. The van der Waals surface area contributed by atoms with Gasteiger partial charge in [0.1, 0.15) is 6.17 Å². The van der Waals surface area contributed by atoms with Crippen molar-refractivity contribution in [2.45, 2.75) is 32.4 Å². The normalized spacial score (nSPS) is 18.3. The molecule has 3 amide bonds. The summed E-state index contributed by atoms with van der Waals surface area (Å²) in [5.41, 5.74) is 0. The molecule has 0 spiro atoms. The summed E-state index contributed by atoms with van der Waals surface area (Å²) >= 11 is 0. The van der Waals surface area contributed by atoms with E-state index in [9.17, 15) is 14.4 Å². The Kier molecular flexibility index (Phi) is 10.2. The molecule has 1 rings (SSSR count). The lowest BCUT2D eigenvalue weighted by atomic mass is 10.2. The van der Waals surface area contributed by atoms with Gasteiger partial charge < -0.3 is 19.9 Å². The van der Waals surface area contributed by atoms with Gasteiger partial charge in [0, 0.05) is 59.8 Å². The van der Waals surface area contributed by atoms with Crippen LogP contribution in [0.4, 0.5) is 0 Å². The molecule has 0 aliphatic carbocycles. The van der Waals surface area contributed by atoms with Gasteiger partial charge in [-0.15, -0.1) is 0 Å². The minimum atomic E-state index is -0.387. The number of carbonyl (C=O) groups excluding carboxylic acids is 3. The molecule has 0 aromatic rings. The molecule has 1 aliphatic rings. The van der Waals surface area contributed by atoms with Crippen LogP contribution < -0.4 is 5.32 Å². The molecule has 0 aromatic carbocycles. The van der Waals surface area contributed by atoms with E-state index in [4.69, 9.17) is 4.74 Å². The van der Waals surface area contributed by atoms with Crippen LogP contribution in [0.15, 0.2) is 0 Å². The number of likely N-dealkylation sites (N-methyl/N-ethyl adjacent to an activating group) is 2. The zero-order valence-electron chi connectivity index (χ0n) is 16.4. The Morgan fingerprint density at radius 2 is 2.15 bits per heavy atom.